The van der Waals surface area contributed by atoms with E-state index >= 15 is 0 Å². The smallest absolute Gasteiger partial charge is 0.200 e. The SMILES string of the molecule is CCCCN(CC)C(=N)N(C)C(=N)N.Cl. The Bertz CT molecular complexity index is 207. The minimum absolute atomic E-state index is 0. The Morgan fingerprint density at radius 1 is 1.27 bits per heavy atom. The molecule has 0 aromatic heterocycles. The number of unbranched alkanes of at least 4 members (excludes halogenated alkanes) is 1. The van der Waals surface area contributed by atoms with Crippen molar-refractivity contribution in [2.75, 3.05) is 20.1 Å². The van der Waals surface area contributed by atoms with Crippen molar-refractivity contribution in [3.63, 3.8) is 0 Å². The van der Waals surface area contributed by atoms with Crippen LogP contribution in [-0.2, 0) is 0 Å². The molecule has 0 saturated carbocycles. The van der Waals surface area contributed by atoms with Gasteiger partial charge in [-0.15, -0.1) is 12.4 Å². The Morgan fingerprint density at radius 3 is 2.13 bits per heavy atom. The maximum atomic E-state index is 7.79. The van der Waals surface area contributed by atoms with Crippen LogP contribution >= 0.6 is 12.4 Å². The lowest BCUT2D eigenvalue weighted by atomic mass is 10.3. The molecule has 6 heteroatoms. The second-order valence-corrected chi connectivity index (χ2v) is 3.20. The molecule has 0 heterocycles. The molecule has 0 atom stereocenters. The summed E-state index contributed by atoms with van der Waals surface area (Å²) >= 11 is 0. The Hall–Kier alpha value is -0.970. The van der Waals surface area contributed by atoms with Crippen molar-refractivity contribution in [3.8, 4) is 0 Å². The highest BCUT2D eigenvalue weighted by Crippen LogP contribution is 1.98. The molecule has 4 N–H and O–H groups in total. The summed E-state index contributed by atoms with van der Waals surface area (Å²) in [5.74, 6) is 0.207. The quantitative estimate of drug-likeness (QED) is 0.508. The normalized spacial score (nSPS) is 9.00. The van der Waals surface area contributed by atoms with Gasteiger partial charge in [-0.25, -0.2) is 0 Å². The lowest BCUT2D eigenvalue weighted by Crippen LogP contribution is -2.47. The molecule has 15 heavy (non-hydrogen) atoms. The predicted octanol–water partition coefficient (Wildman–Crippen LogP) is 1.29. The monoisotopic (exact) mass is 235 g/mol. The van der Waals surface area contributed by atoms with E-state index in [1.54, 1.807) is 7.05 Å². The number of rotatable bonds is 4. The first-order valence-corrected chi connectivity index (χ1v) is 4.95. The van der Waals surface area contributed by atoms with Gasteiger partial charge in [0.05, 0.1) is 0 Å². The summed E-state index contributed by atoms with van der Waals surface area (Å²) in [5.41, 5.74) is 5.30. The van der Waals surface area contributed by atoms with E-state index in [0.29, 0.717) is 5.96 Å². The fraction of sp³-hybridized carbons (Fsp3) is 0.778. The molecule has 0 radical (unpaired) electrons. The molecule has 0 aliphatic carbocycles. The summed E-state index contributed by atoms with van der Waals surface area (Å²) in [4.78, 5) is 3.28. The fourth-order valence-corrected chi connectivity index (χ4v) is 1.09. The minimum atomic E-state index is -0.0926. The van der Waals surface area contributed by atoms with Crippen LogP contribution in [0.25, 0.3) is 0 Å². The number of hydrogen-bond acceptors (Lipinski definition) is 2. The molecular weight excluding hydrogens is 214 g/mol. The lowest BCUT2D eigenvalue weighted by molar-refractivity contribution is 0.387. The summed E-state index contributed by atoms with van der Waals surface area (Å²) in [5, 5.41) is 15.0. The molecular formula is C9H22ClN5. The second kappa shape index (κ2) is 8.35. The third kappa shape index (κ3) is 5.47. The van der Waals surface area contributed by atoms with Gasteiger partial charge in [-0.05, 0) is 13.3 Å². The third-order valence-electron chi connectivity index (χ3n) is 2.14. The Kier molecular flexibility index (Phi) is 9.16. The van der Waals surface area contributed by atoms with Crippen LogP contribution in [0.2, 0.25) is 0 Å². The Labute approximate surface area is 98.0 Å². The molecule has 90 valence electrons. The molecule has 0 aromatic rings. The molecule has 5 nitrogen and oxygen atoms in total. The van der Waals surface area contributed by atoms with Gasteiger partial charge in [0.25, 0.3) is 0 Å². The molecule has 0 aromatic carbocycles. The molecule has 0 fully saturated rings. The Morgan fingerprint density at radius 2 is 1.80 bits per heavy atom. The van der Waals surface area contributed by atoms with Crippen molar-refractivity contribution in [1.82, 2.24) is 9.80 Å². The van der Waals surface area contributed by atoms with Gasteiger partial charge >= 0.3 is 0 Å². The lowest BCUT2D eigenvalue weighted by Gasteiger charge is -2.28. The first kappa shape index (κ1) is 16.5. The average molecular weight is 236 g/mol. The average Bonchev–Trinajstić information content (AvgIpc) is 2.17. The van der Waals surface area contributed by atoms with E-state index in [-0.39, 0.29) is 18.4 Å². The van der Waals surface area contributed by atoms with Gasteiger partial charge in [0.15, 0.2) is 11.9 Å². The minimum Gasteiger partial charge on any atom is -0.370 e. The zero-order chi connectivity index (χ0) is 11.1. The van der Waals surface area contributed by atoms with Gasteiger partial charge in [0.1, 0.15) is 0 Å². The first-order chi connectivity index (χ1) is 6.54. The standard InChI is InChI=1S/C9H21N5.ClH/c1-4-6-7-14(5-2)9(12)13(3)8(10)11;/h12H,4-7H2,1-3H3,(H3,10,11);1H. The van der Waals surface area contributed by atoms with Gasteiger partial charge in [-0.3, -0.25) is 15.7 Å². The molecule has 0 unspecified atom stereocenters. The third-order valence-corrected chi connectivity index (χ3v) is 2.14. The number of nitrogens with two attached hydrogens (primary N) is 1. The van der Waals surface area contributed by atoms with Crippen LogP contribution < -0.4 is 5.73 Å². The van der Waals surface area contributed by atoms with Crippen molar-refractivity contribution in [3.05, 3.63) is 0 Å². The van der Waals surface area contributed by atoms with Gasteiger partial charge < -0.3 is 10.6 Å². The topological polar surface area (TPSA) is 80.2 Å². The summed E-state index contributed by atoms with van der Waals surface area (Å²) in [6, 6.07) is 0. The molecule has 0 aliphatic rings. The van der Waals surface area contributed by atoms with E-state index in [0.717, 1.165) is 25.9 Å². The maximum absolute atomic E-state index is 7.79. The van der Waals surface area contributed by atoms with Crippen LogP contribution in [0, 0.1) is 10.8 Å². The predicted molar refractivity (Wildman–Crippen MR) is 66.8 cm³/mol. The van der Waals surface area contributed by atoms with Crippen LogP contribution in [0.5, 0.6) is 0 Å². The van der Waals surface area contributed by atoms with Crippen LogP contribution in [0.3, 0.4) is 0 Å². The van der Waals surface area contributed by atoms with E-state index < -0.39 is 0 Å². The van der Waals surface area contributed by atoms with Crippen molar-refractivity contribution >= 4 is 24.3 Å². The van der Waals surface area contributed by atoms with Crippen LogP contribution in [0.4, 0.5) is 0 Å². The van der Waals surface area contributed by atoms with Crippen molar-refractivity contribution in [1.29, 1.82) is 10.8 Å². The van der Waals surface area contributed by atoms with E-state index in [4.69, 9.17) is 16.6 Å². The van der Waals surface area contributed by atoms with Crippen LogP contribution in [0.1, 0.15) is 26.7 Å². The highest BCUT2D eigenvalue weighted by molar-refractivity contribution is 5.94. The summed E-state index contributed by atoms with van der Waals surface area (Å²) in [6.07, 6.45) is 2.16. The van der Waals surface area contributed by atoms with Gasteiger partial charge in [-0.2, -0.15) is 0 Å². The Balaban J connectivity index is 0. The number of hydrogen-bond donors (Lipinski definition) is 3. The summed E-state index contributed by atoms with van der Waals surface area (Å²) in [7, 11) is 1.64. The zero-order valence-electron chi connectivity index (χ0n) is 9.71. The summed E-state index contributed by atoms with van der Waals surface area (Å²) in [6.45, 7) is 5.74. The van der Waals surface area contributed by atoms with Crippen LogP contribution in [0.15, 0.2) is 0 Å². The van der Waals surface area contributed by atoms with Crippen molar-refractivity contribution in [2.45, 2.75) is 26.7 Å². The largest absolute Gasteiger partial charge is 0.370 e. The maximum Gasteiger partial charge on any atom is 0.200 e. The molecule has 0 bridgehead atoms. The molecule has 0 saturated heterocycles. The summed E-state index contributed by atoms with van der Waals surface area (Å²) < 4.78 is 0. The van der Waals surface area contributed by atoms with E-state index in [1.165, 1.54) is 4.90 Å². The van der Waals surface area contributed by atoms with Gasteiger partial charge in [0, 0.05) is 20.1 Å². The molecule has 0 amide bonds. The van der Waals surface area contributed by atoms with Crippen molar-refractivity contribution < 1.29 is 0 Å². The van der Waals surface area contributed by atoms with E-state index in [9.17, 15) is 0 Å². The molecule has 0 rings (SSSR count). The first-order valence-electron chi connectivity index (χ1n) is 4.95. The molecule has 0 aliphatic heterocycles. The second-order valence-electron chi connectivity index (χ2n) is 3.20. The van der Waals surface area contributed by atoms with Gasteiger partial charge in [0.2, 0.25) is 0 Å². The van der Waals surface area contributed by atoms with Gasteiger partial charge in [-0.1, -0.05) is 13.3 Å². The number of nitrogens with one attached hydrogen (secondary N) is 2. The number of guanidine groups is 2. The molecule has 0 spiro atoms. The van der Waals surface area contributed by atoms with E-state index in [2.05, 4.69) is 6.92 Å². The van der Waals surface area contributed by atoms with Crippen LogP contribution in [-0.4, -0.2) is 41.9 Å². The number of nitrogens with zero attached hydrogens (tertiary/aromatic N) is 2. The van der Waals surface area contributed by atoms with E-state index in [1.807, 2.05) is 11.8 Å². The van der Waals surface area contributed by atoms with Crippen molar-refractivity contribution in [2.24, 2.45) is 5.73 Å². The fourth-order valence-electron chi connectivity index (χ4n) is 1.09. The number of halogens is 1. The highest BCUT2D eigenvalue weighted by Gasteiger charge is 2.13. The zero-order valence-corrected chi connectivity index (χ0v) is 10.5. The highest BCUT2D eigenvalue weighted by atomic mass is 35.5.